The lowest BCUT2D eigenvalue weighted by Crippen LogP contribution is -2.00. The third kappa shape index (κ3) is 16.5. The maximum absolute atomic E-state index is 5.32. The minimum atomic E-state index is 0.642. The molecule has 0 amide bonds. The Balaban J connectivity index is 0.000000108. The average molecular weight is 2030 g/mol. The van der Waals surface area contributed by atoms with Gasteiger partial charge in [0, 0.05) is 174 Å². The molecule has 0 N–H and O–H groups in total. The van der Waals surface area contributed by atoms with Gasteiger partial charge in [-0.15, -0.1) is 68.0 Å². The van der Waals surface area contributed by atoms with Crippen molar-refractivity contribution in [2.75, 3.05) is 0 Å². The van der Waals surface area contributed by atoms with Gasteiger partial charge in [0.2, 0.25) is 0 Å². The highest BCUT2D eigenvalue weighted by atomic mass is 32.1. The highest BCUT2D eigenvalue weighted by Gasteiger charge is 2.28. The number of aromatic nitrogens is 15. The molecule has 0 radical (unpaired) electrons. The number of thiophene rings is 6. The highest BCUT2D eigenvalue weighted by molar-refractivity contribution is 7.28. The Bertz CT molecular complexity index is 10200. The molecule has 18 aromatic carbocycles. The van der Waals surface area contributed by atoms with E-state index in [1.54, 1.807) is 68.0 Å². The summed E-state index contributed by atoms with van der Waals surface area (Å²) in [7, 11) is 0. The van der Waals surface area contributed by atoms with E-state index in [4.69, 9.17) is 74.8 Å². The molecule has 0 saturated carbocycles. The van der Waals surface area contributed by atoms with Crippen LogP contribution in [0.1, 0.15) is 0 Å². The molecule has 15 nitrogen and oxygen atoms in total. The normalized spacial score (nSPS) is 11.6. The number of fused-ring (bicyclic) bond motifs is 18. The maximum Gasteiger partial charge on any atom is 0.165 e. The molecule has 0 aliphatic rings. The van der Waals surface area contributed by atoms with Gasteiger partial charge in [-0.1, -0.05) is 400 Å². The fraction of sp³-hybridized carbons (Fsp3) is 0. The summed E-state index contributed by atoms with van der Waals surface area (Å²) in [6.07, 6.45) is 0. The summed E-state index contributed by atoms with van der Waals surface area (Å²) in [5.41, 5.74) is 20.7. The molecule has 0 saturated heterocycles. The van der Waals surface area contributed by atoms with Crippen LogP contribution in [0, 0.1) is 0 Å². The number of nitrogens with zero attached hydrogens (tertiary/aromatic N) is 15. The molecule has 30 aromatic rings. The molecule has 0 aliphatic heterocycles. The van der Waals surface area contributed by atoms with E-state index in [-0.39, 0.29) is 0 Å². The Morgan fingerprint density at radius 1 is 0.120 bits per heavy atom. The number of hydrogen-bond acceptors (Lipinski definition) is 21. The molecule has 0 spiro atoms. The summed E-state index contributed by atoms with van der Waals surface area (Å²) >= 11 is 10.5. The van der Waals surface area contributed by atoms with E-state index in [0.29, 0.717) is 58.2 Å². The number of benzene rings is 18. The van der Waals surface area contributed by atoms with E-state index < -0.39 is 0 Å². The van der Waals surface area contributed by atoms with Crippen LogP contribution in [0.5, 0.6) is 0 Å². The highest BCUT2D eigenvalue weighted by Crippen LogP contribution is 2.51. The van der Waals surface area contributed by atoms with E-state index in [1.807, 2.05) is 200 Å². The molecule has 0 unspecified atom stereocenters. The van der Waals surface area contributed by atoms with Gasteiger partial charge in [-0.3, -0.25) is 0 Å². The monoisotopic (exact) mass is 2030 g/mol. The molecular weight excluding hydrogens is 1950 g/mol. The maximum atomic E-state index is 5.32. The zero-order chi connectivity index (χ0) is 99.1. The van der Waals surface area contributed by atoms with Gasteiger partial charge >= 0.3 is 0 Å². The van der Waals surface area contributed by atoms with Crippen molar-refractivity contribution < 1.29 is 0 Å². The smallest absolute Gasteiger partial charge is 0.165 e. The van der Waals surface area contributed by atoms with Gasteiger partial charge in [0.05, 0.1) is 47.7 Å². The van der Waals surface area contributed by atoms with Gasteiger partial charge in [0.1, 0.15) is 0 Å². The van der Waals surface area contributed by atoms with Crippen molar-refractivity contribution in [3.8, 4) is 170 Å². The summed E-state index contributed by atoms with van der Waals surface area (Å²) in [5.74, 6) is 7.99. The molecule has 0 fully saturated rings. The first-order valence-corrected chi connectivity index (χ1v) is 53.9. The molecule has 0 aliphatic carbocycles. The van der Waals surface area contributed by atoms with Gasteiger partial charge < -0.3 is 0 Å². The van der Waals surface area contributed by atoms with E-state index in [2.05, 4.69) is 255 Å². The molecule has 0 atom stereocenters. The van der Waals surface area contributed by atoms with Crippen LogP contribution in [0.3, 0.4) is 0 Å². The fourth-order valence-corrected chi connectivity index (χ4v) is 26.9. The first kappa shape index (κ1) is 89.2. The Hall–Kier alpha value is -18.5. The lowest BCUT2D eigenvalue weighted by Gasteiger charge is -2.09. The molecule has 30 rings (SSSR count). The van der Waals surface area contributed by atoms with E-state index in [0.717, 1.165) is 204 Å². The summed E-state index contributed by atoms with van der Waals surface area (Å²) in [6, 6.07) is 156. The van der Waals surface area contributed by atoms with E-state index >= 15 is 0 Å². The summed E-state index contributed by atoms with van der Waals surface area (Å²) in [4.78, 5) is 76.4. The van der Waals surface area contributed by atoms with E-state index in [1.165, 1.54) is 29.6 Å². The molecular formula is C129H75N15S6. The van der Waals surface area contributed by atoms with Crippen LogP contribution < -0.4 is 0 Å². The van der Waals surface area contributed by atoms with Crippen molar-refractivity contribution in [3.63, 3.8) is 0 Å². The molecule has 12 heterocycles. The minimum absolute atomic E-state index is 0.642. The SMILES string of the molecule is c1ccc(-c2nc(-c3ccccc3)nc(-c3ccc4c(c3)sc3c(-c5nc(-c6ccccc6)c6sc7ccccc7c6n5)cccc34)n2)cc1.c1ccc(-c2nc(-c3ccccc3)nc(-c3ccc4c(c3)sc3cccc(-c5nc(-c6ccccc6)c6sc7ccccc7c6n5)c34)n2)cc1.c1ccc(-c2nc(-c3ccccc3)nc(-c3cccc4c3sc3cccc(-c5nc(-c6ccccc6)c6sc7ccccc7c6n5)c34)n2)cc1. The largest absolute Gasteiger partial charge is 0.226 e. The summed E-state index contributed by atoms with van der Waals surface area (Å²) < 4.78 is 13.9. The second kappa shape index (κ2) is 38.2. The van der Waals surface area contributed by atoms with Crippen LogP contribution in [0.2, 0.25) is 0 Å². The van der Waals surface area contributed by atoms with Crippen LogP contribution >= 0.6 is 68.0 Å². The number of hydrogen-bond donors (Lipinski definition) is 0. The molecule has 21 heteroatoms. The van der Waals surface area contributed by atoms with Crippen molar-refractivity contribution in [1.82, 2.24) is 74.8 Å². The summed E-state index contributed by atoms with van der Waals surface area (Å²) in [5, 5.41) is 10.4. The van der Waals surface area contributed by atoms with Gasteiger partial charge in [0.15, 0.2) is 69.9 Å². The van der Waals surface area contributed by atoms with Crippen LogP contribution in [0.4, 0.5) is 0 Å². The zero-order valence-corrected chi connectivity index (χ0v) is 84.4. The van der Waals surface area contributed by atoms with Gasteiger partial charge in [-0.2, -0.15) is 0 Å². The zero-order valence-electron chi connectivity index (χ0n) is 79.5. The first-order valence-electron chi connectivity index (χ1n) is 49.0. The first-order chi connectivity index (χ1) is 74.3. The van der Waals surface area contributed by atoms with Crippen LogP contribution in [0.15, 0.2) is 455 Å². The molecule has 702 valence electrons. The topological polar surface area (TPSA) is 193 Å². The Labute approximate surface area is 882 Å². The molecule has 0 bridgehead atoms. The van der Waals surface area contributed by atoms with Crippen molar-refractivity contribution >= 4 is 189 Å². The lowest BCUT2D eigenvalue weighted by molar-refractivity contribution is 1.07. The van der Waals surface area contributed by atoms with Crippen LogP contribution in [0.25, 0.3) is 292 Å². The predicted molar refractivity (Wildman–Crippen MR) is 625 cm³/mol. The van der Waals surface area contributed by atoms with Gasteiger partial charge in [-0.25, -0.2) is 74.8 Å². The van der Waals surface area contributed by atoms with Crippen molar-refractivity contribution in [2.24, 2.45) is 0 Å². The minimum Gasteiger partial charge on any atom is -0.226 e. The third-order valence-electron chi connectivity index (χ3n) is 26.9. The van der Waals surface area contributed by atoms with Crippen LogP contribution in [-0.2, 0) is 0 Å². The van der Waals surface area contributed by atoms with Crippen molar-refractivity contribution in [3.05, 3.63) is 455 Å². The standard InChI is InChI=1S/3C43H25N5S2/c1-4-14-26(15-5-1)36-39-37(29-20-10-11-24-33(29)49-39)45-42(44-36)31-22-13-25-34-35(31)30-21-12-23-32(38(30)50-34)43-47-40(27-16-6-2-7-17-27)46-41(48-43)28-18-8-3-9-19-28;1-4-13-26(14-5-1)36-39-37(32-19-10-11-22-34(32)49-39)45-43(44-36)33-21-12-20-31-30-24-23-29(25-35(30)50-38(31)33)42-47-40(27-15-6-2-7-16-27)46-41(48-42)28-17-8-3-9-18-28;1-4-13-26(14-5-1)37-39-38(31-19-10-11-21-33(31)50-39)45-43(44-37)32-20-12-22-34-36(32)30-24-23-29(25-35(30)49-34)42-47-40(27-15-6-2-7-16-27)46-41(48-42)28-17-8-3-9-18-28/h3*1-25H. The third-order valence-corrected chi connectivity index (χ3v) is 33.9. The predicted octanol–water partition coefficient (Wildman–Crippen LogP) is 35.2. The Kier molecular flexibility index (Phi) is 22.7. The Morgan fingerprint density at radius 2 is 0.353 bits per heavy atom. The molecule has 150 heavy (non-hydrogen) atoms. The average Bonchev–Trinajstić information content (AvgIpc) is 1.58. The van der Waals surface area contributed by atoms with Crippen LogP contribution in [-0.4, -0.2) is 74.8 Å². The van der Waals surface area contributed by atoms with Crippen molar-refractivity contribution in [2.45, 2.75) is 0 Å². The van der Waals surface area contributed by atoms with E-state index in [9.17, 15) is 0 Å². The molecule has 12 aromatic heterocycles. The summed E-state index contributed by atoms with van der Waals surface area (Å²) in [6.45, 7) is 0. The quantitative estimate of drug-likeness (QED) is 0.0940. The van der Waals surface area contributed by atoms with Crippen molar-refractivity contribution in [1.29, 1.82) is 0 Å². The van der Waals surface area contributed by atoms with Gasteiger partial charge in [0.25, 0.3) is 0 Å². The number of rotatable bonds is 15. The van der Waals surface area contributed by atoms with Gasteiger partial charge in [-0.05, 0) is 54.6 Å². The fourth-order valence-electron chi connectivity index (χ4n) is 19.8. The second-order valence-corrected chi connectivity index (χ2v) is 42.5. The Morgan fingerprint density at radius 3 is 0.713 bits per heavy atom. The second-order valence-electron chi connectivity index (χ2n) is 36.2. The lowest BCUT2D eigenvalue weighted by atomic mass is 10.0.